The number of aromatic nitrogens is 2. The monoisotopic (exact) mass is 388 g/mol. The lowest BCUT2D eigenvalue weighted by molar-refractivity contribution is -0.130. The van der Waals surface area contributed by atoms with E-state index < -0.39 is 0 Å². The summed E-state index contributed by atoms with van der Waals surface area (Å²) in [7, 11) is 0. The second kappa shape index (κ2) is 8.67. The fraction of sp³-hybridized carbons (Fsp3) is 0.450. The lowest BCUT2D eigenvalue weighted by Crippen LogP contribution is -2.47. The lowest BCUT2D eigenvalue weighted by atomic mass is 10.1. The van der Waals surface area contributed by atoms with Crippen molar-refractivity contribution in [3.63, 3.8) is 0 Å². The molecule has 3 rings (SSSR count). The van der Waals surface area contributed by atoms with Crippen molar-refractivity contribution in [2.45, 2.75) is 27.3 Å². The molecule has 0 atom stereocenters. The number of rotatable bonds is 5. The Kier molecular flexibility index (Phi) is 6.29. The molecule has 144 valence electrons. The van der Waals surface area contributed by atoms with Gasteiger partial charge in [-0.25, -0.2) is 9.97 Å². The molecule has 1 fully saturated rings. The summed E-state index contributed by atoms with van der Waals surface area (Å²) in [5.74, 6) is 0.876. The van der Waals surface area contributed by atoms with Crippen LogP contribution in [-0.2, 0) is 11.3 Å². The highest BCUT2D eigenvalue weighted by Crippen LogP contribution is 2.37. The van der Waals surface area contributed by atoms with Gasteiger partial charge >= 0.3 is 0 Å². The number of carbonyl (C=O) groups is 1. The molecule has 2 aromatic rings. The van der Waals surface area contributed by atoms with Gasteiger partial charge in [-0.2, -0.15) is 0 Å². The van der Waals surface area contributed by atoms with Crippen LogP contribution >= 0.6 is 11.6 Å². The van der Waals surface area contributed by atoms with Gasteiger partial charge in [-0.3, -0.25) is 9.69 Å². The summed E-state index contributed by atoms with van der Waals surface area (Å²) in [5.41, 5.74) is 3.53. The second-order valence-electron chi connectivity index (χ2n) is 6.71. The molecule has 7 heteroatoms. The third kappa shape index (κ3) is 4.76. The standard InChI is InChI=1S/C20H25ClN4O2/c1-4-27-19-11-16(12-24-5-7-25(8-6-24)15(3)26)10-17(21)20(19)18-9-14(2)22-13-23-18/h9-11,13H,4-8,12H2,1-3H3. The highest BCUT2D eigenvalue weighted by molar-refractivity contribution is 6.33. The van der Waals surface area contributed by atoms with Gasteiger partial charge in [0.15, 0.2) is 0 Å². The smallest absolute Gasteiger partial charge is 0.219 e. The molecule has 1 aromatic carbocycles. The number of halogens is 1. The average Bonchev–Trinajstić information content (AvgIpc) is 2.62. The molecule has 0 N–H and O–H groups in total. The number of ether oxygens (including phenoxy) is 1. The molecule has 0 unspecified atom stereocenters. The van der Waals surface area contributed by atoms with E-state index in [1.807, 2.05) is 36.9 Å². The van der Waals surface area contributed by atoms with Crippen LogP contribution in [0.4, 0.5) is 0 Å². The number of piperazine rings is 1. The summed E-state index contributed by atoms with van der Waals surface area (Å²) in [6.07, 6.45) is 1.54. The van der Waals surface area contributed by atoms with E-state index in [0.717, 1.165) is 61.0 Å². The highest BCUT2D eigenvalue weighted by Gasteiger charge is 2.20. The quantitative estimate of drug-likeness (QED) is 0.787. The van der Waals surface area contributed by atoms with Crippen LogP contribution in [0.1, 0.15) is 25.1 Å². The number of aryl methyl sites for hydroxylation is 1. The number of amides is 1. The van der Waals surface area contributed by atoms with Gasteiger partial charge in [-0.1, -0.05) is 11.6 Å². The Morgan fingerprint density at radius 2 is 1.93 bits per heavy atom. The Bertz CT molecular complexity index is 820. The highest BCUT2D eigenvalue weighted by atomic mass is 35.5. The summed E-state index contributed by atoms with van der Waals surface area (Å²) in [6.45, 7) is 10.1. The number of hydrogen-bond donors (Lipinski definition) is 0. The predicted molar refractivity (Wildman–Crippen MR) is 106 cm³/mol. The predicted octanol–water partition coefficient (Wildman–Crippen LogP) is 3.17. The molecular weight excluding hydrogens is 364 g/mol. The maximum atomic E-state index is 11.5. The molecule has 0 bridgehead atoms. The Hall–Kier alpha value is -2.18. The first-order valence-corrected chi connectivity index (χ1v) is 9.57. The van der Waals surface area contributed by atoms with Crippen molar-refractivity contribution in [2.75, 3.05) is 32.8 Å². The van der Waals surface area contributed by atoms with E-state index in [0.29, 0.717) is 11.6 Å². The SMILES string of the molecule is CCOc1cc(CN2CCN(C(C)=O)CC2)cc(Cl)c1-c1cc(C)ncn1. The largest absolute Gasteiger partial charge is 0.493 e. The van der Waals surface area contributed by atoms with Crippen molar-refractivity contribution in [3.05, 3.63) is 40.8 Å². The summed E-state index contributed by atoms with van der Waals surface area (Å²) in [4.78, 5) is 24.2. The lowest BCUT2D eigenvalue weighted by Gasteiger charge is -2.34. The number of carbonyl (C=O) groups excluding carboxylic acids is 1. The van der Waals surface area contributed by atoms with Gasteiger partial charge in [0.25, 0.3) is 0 Å². The van der Waals surface area contributed by atoms with Crippen LogP contribution in [-0.4, -0.2) is 58.5 Å². The first-order valence-electron chi connectivity index (χ1n) is 9.20. The molecule has 0 spiro atoms. The van der Waals surface area contributed by atoms with E-state index in [1.54, 1.807) is 13.3 Å². The zero-order valence-electron chi connectivity index (χ0n) is 16.0. The van der Waals surface area contributed by atoms with Crippen LogP contribution in [0, 0.1) is 6.92 Å². The molecule has 0 radical (unpaired) electrons. The molecule has 2 heterocycles. The fourth-order valence-corrected chi connectivity index (χ4v) is 3.64. The molecular formula is C20H25ClN4O2. The maximum Gasteiger partial charge on any atom is 0.219 e. The second-order valence-corrected chi connectivity index (χ2v) is 7.12. The van der Waals surface area contributed by atoms with Gasteiger partial charge in [0.2, 0.25) is 5.91 Å². The Labute approximate surface area is 165 Å². The zero-order chi connectivity index (χ0) is 19.4. The summed E-state index contributed by atoms with van der Waals surface area (Å²) in [5, 5.41) is 0.622. The Morgan fingerprint density at radius 1 is 1.19 bits per heavy atom. The van der Waals surface area contributed by atoms with E-state index in [1.165, 1.54) is 0 Å². The summed E-state index contributed by atoms with van der Waals surface area (Å²) in [6, 6.07) is 5.93. The van der Waals surface area contributed by atoms with Crippen molar-refractivity contribution < 1.29 is 9.53 Å². The van der Waals surface area contributed by atoms with Crippen LogP contribution in [0.3, 0.4) is 0 Å². The topological polar surface area (TPSA) is 58.6 Å². The van der Waals surface area contributed by atoms with Crippen molar-refractivity contribution in [3.8, 4) is 17.0 Å². The molecule has 1 aromatic heterocycles. The molecule has 27 heavy (non-hydrogen) atoms. The van der Waals surface area contributed by atoms with Gasteiger partial charge in [0.05, 0.1) is 22.9 Å². The van der Waals surface area contributed by atoms with E-state index in [9.17, 15) is 4.79 Å². The third-order valence-corrected chi connectivity index (χ3v) is 5.00. The van der Waals surface area contributed by atoms with E-state index in [-0.39, 0.29) is 5.91 Å². The van der Waals surface area contributed by atoms with Gasteiger partial charge < -0.3 is 9.64 Å². The minimum atomic E-state index is 0.140. The minimum absolute atomic E-state index is 0.140. The molecule has 1 saturated heterocycles. The first-order chi connectivity index (χ1) is 13.0. The Morgan fingerprint density at radius 3 is 2.56 bits per heavy atom. The molecule has 1 aliphatic rings. The maximum absolute atomic E-state index is 11.5. The van der Waals surface area contributed by atoms with E-state index in [4.69, 9.17) is 16.3 Å². The van der Waals surface area contributed by atoms with Gasteiger partial charge in [-0.05, 0) is 37.6 Å². The molecule has 1 aliphatic heterocycles. The zero-order valence-corrected chi connectivity index (χ0v) is 16.8. The van der Waals surface area contributed by atoms with Gasteiger partial charge in [0.1, 0.15) is 12.1 Å². The number of hydrogen-bond acceptors (Lipinski definition) is 5. The van der Waals surface area contributed by atoms with Crippen LogP contribution < -0.4 is 4.74 Å². The van der Waals surface area contributed by atoms with Crippen molar-refractivity contribution >= 4 is 17.5 Å². The van der Waals surface area contributed by atoms with E-state index >= 15 is 0 Å². The van der Waals surface area contributed by atoms with Crippen LogP contribution in [0.15, 0.2) is 24.5 Å². The number of benzene rings is 1. The molecule has 6 nitrogen and oxygen atoms in total. The number of nitrogens with zero attached hydrogens (tertiary/aromatic N) is 4. The summed E-state index contributed by atoms with van der Waals surface area (Å²) < 4.78 is 5.87. The first kappa shape index (κ1) is 19.6. The van der Waals surface area contributed by atoms with Gasteiger partial charge in [-0.15, -0.1) is 0 Å². The van der Waals surface area contributed by atoms with Gasteiger partial charge in [0, 0.05) is 45.3 Å². The molecule has 0 aliphatic carbocycles. The fourth-order valence-electron chi connectivity index (χ4n) is 3.31. The van der Waals surface area contributed by atoms with Crippen LogP contribution in [0.2, 0.25) is 5.02 Å². The molecule has 1 amide bonds. The van der Waals surface area contributed by atoms with Crippen LogP contribution in [0.5, 0.6) is 5.75 Å². The van der Waals surface area contributed by atoms with Crippen molar-refractivity contribution in [2.24, 2.45) is 0 Å². The van der Waals surface area contributed by atoms with Crippen molar-refractivity contribution in [1.29, 1.82) is 0 Å². The molecule has 0 saturated carbocycles. The third-order valence-electron chi connectivity index (χ3n) is 4.70. The normalized spacial score (nSPS) is 15.0. The van der Waals surface area contributed by atoms with Crippen LogP contribution in [0.25, 0.3) is 11.3 Å². The average molecular weight is 389 g/mol. The minimum Gasteiger partial charge on any atom is -0.493 e. The summed E-state index contributed by atoms with van der Waals surface area (Å²) >= 11 is 6.63. The Balaban J connectivity index is 1.83. The van der Waals surface area contributed by atoms with Crippen molar-refractivity contribution in [1.82, 2.24) is 19.8 Å². The van der Waals surface area contributed by atoms with E-state index in [2.05, 4.69) is 14.9 Å².